The summed E-state index contributed by atoms with van der Waals surface area (Å²) in [5, 5.41) is 0. The largest absolute Gasteiger partial charge is 0.462 e. The molecule has 0 heterocycles. The van der Waals surface area contributed by atoms with E-state index < -0.39 is 0 Å². The molecule has 0 saturated carbocycles. The van der Waals surface area contributed by atoms with E-state index in [0.717, 1.165) is 25.7 Å². The second-order valence-corrected chi connectivity index (χ2v) is 5.11. The predicted octanol–water partition coefficient (Wildman–Crippen LogP) is 4.31. The summed E-state index contributed by atoms with van der Waals surface area (Å²) in [6.07, 6.45) is 13.1. The van der Waals surface area contributed by atoms with E-state index in [9.17, 15) is 4.79 Å². The Labute approximate surface area is 118 Å². The lowest BCUT2D eigenvalue weighted by Crippen LogP contribution is -2.07. The number of rotatable bonds is 12. The number of hydrogen-bond acceptors (Lipinski definition) is 3. The van der Waals surface area contributed by atoms with Gasteiger partial charge in [0.1, 0.15) is 0 Å². The van der Waals surface area contributed by atoms with Crippen LogP contribution in [0.1, 0.15) is 78.1 Å². The number of allylic oxidation sites excluding steroid dienone is 1. The summed E-state index contributed by atoms with van der Waals surface area (Å²) < 4.78 is 5.11. The van der Waals surface area contributed by atoms with Gasteiger partial charge in [-0.25, -0.2) is 4.79 Å². The average molecular weight is 269 g/mol. The molecule has 19 heavy (non-hydrogen) atoms. The van der Waals surface area contributed by atoms with Crippen molar-refractivity contribution in [3.05, 3.63) is 11.8 Å². The Balaban J connectivity index is 3.34. The molecule has 3 heteroatoms. The highest BCUT2D eigenvalue weighted by atomic mass is 16.5. The molecule has 2 N–H and O–H groups in total. The zero-order chi connectivity index (χ0) is 14.3. The number of carbonyl (C=O) groups is 1. The van der Waals surface area contributed by atoms with Crippen molar-refractivity contribution in [2.24, 2.45) is 5.73 Å². The van der Waals surface area contributed by atoms with Crippen molar-refractivity contribution >= 4 is 5.97 Å². The van der Waals surface area contributed by atoms with Gasteiger partial charge in [-0.05, 0) is 12.8 Å². The molecule has 3 nitrogen and oxygen atoms in total. The Morgan fingerprint density at radius 1 is 0.947 bits per heavy atom. The van der Waals surface area contributed by atoms with Crippen molar-refractivity contribution in [2.75, 3.05) is 6.61 Å². The minimum Gasteiger partial charge on any atom is -0.462 e. The Kier molecular flexibility index (Phi) is 12.7. The first-order chi connectivity index (χ1) is 9.20. The topological polar surface area (TPSA) is 52.3 Å². The Morgan fingerprint density at radius 2 is 1.53 bits per heavy atom. The van der Waals surface area contributed by atoms with E-state index in [0.29, 0.717) is 12.3 Å². The zero-order valence-corrected chi connectivity index (χ0v) is 12.7. The van der Waals surface area contributed by atoms with Crippen molar-refractivity contribution in [3.63, 3.8) is 0 Å². The van der Waals surface area contributed by atoms with E-state index in [1.165, 1.54) is 44.6 Å². The van der Waals surface area contributed by atoms with E-state index in [-0.39, 0.29) is 5.97 Å². The van der Waals surface area contributed by atoms with Crippen molar-refractivity contribution in [2.45, 2.75) is 78.1 Å². The van der Waals surface area contributed by atoms with Gasteiger partial charge in [0.05, 0.1) is 6.61 Å². The number of nitrogens with two attached hydrogens (primary N) is 1. The van der Waals surface area contributed by atoms with Gasteiger partial charge in [0.2, 0.25) is 0 Å². The summed E-state index contributed by atoms with van der Waals surface area (Å²) >= 11 is 0. The number of hydrogen-bond donors (Lipinski definition) is 1. The number of esters is 1. The first kappa shape index (κ1) is 18.0. The van der Waals surface area contributed by atoms with Crippen LogP contribution in [0.3, 0.4) is 0 Å². The highest BCUT2D eigenvalue weighted by Crippen LogP contribution is 2.08. The van der Waals surface area contributed by atoms with Gasteiger partial charge in [0, 0.05) is 11.8 Å². The van der Waals surface area contributed by atoms with Gasteiger partial charge >= 0.3 is 5.97 Å². The van der Waals surface area contributed by atoms with E-state index in [2.05, 4.69) is 6.92 Å². The summed E-state index contributed by atoms with van der Waals surface area (Å²) in [5.41, 5.74) is 6.27. The predicted molar refractivity (Wildman–Crippen MR) is 80.7 cm³/mol. The lowest BCUT2D eigenvalue weighted by atomic mass is 10.1. The van der Waals surface area contributed by atoms with Crippen molar-refractivity contribution in [3.8, 4) is 0 Å². The molecule has 0 rings (SSSR count). The molecule has 0 amide bonds. The van der Waals surface area contributed by atoms with Crippen LogP contribution < -0.4 is 5.73 Å². The Hall–Kier alpha value is -0.990. The quantitative estimate of drug-likeness (QED) is 0.326. The van der Waals surface area contributed by atoms with Gasteiger partial charge in [-0.15, -0.1) is 0 Å². The lowest BCUT2D eigenvalue weighted by molar-refractivity contribution is -0.137. The van der Waals surface area contributed by atoms with Gasteiger partial charge in [-0.1, -0.05) is 65.2 Å². The molecule has 0 aliphatic carbocycles. The molecule has 112 valence electrons. The van der Waals surface area contributed by atoms with Gasteiger partial charge in [0.25, 0.3) is 0 Å². The van der Waals surface area contributed by atoms with Gasteiger partial charge in [-0.3, -0.25) is 0 Å². The molecular formula is C16H31NO2. The molecule has 0 fully saturated rings. The normalized spacial score (nSPS) is 11.6. The van der Waals surface area contributed by atoms with Gasteiger partial charge in [0.15, 0.2) is 0 Å². The van der Waals surface area contributed by atoms with Crippen LogP contribution in [0.2, 0.25) is 0 Å². The first-order valence-corrected chi connectivity index (χ1v) is 7.83. The van der Waals surface area contributed by atoms with Crippen LogP contribution in [0, 0.1) is 0 Å². The van der Waals surface area contributed by atoms with E-state index >= 15 is 0 Å². The fraction of sp³-hybridized carbons (Fsp3) is 0.812. The van der Waals surface area contributed by atoms with Crippen LogP contribution in [0.4, 0.5) is 0 Å². The third-order valence-electron chi connectivity index (χ3n) is 3.08. The summed E-state index contributed by atoms with van der Waals surface area (Å²) in [6, 6.07) is 0. The number of carbonyl (C=O) groups excluding carboxylic acids is 1. The third kappa shape index (κ3) is 13.2. The highest BCUT2D eigenvalue weighted by molar-refractivity contribution is 5.82. The monoisotopic (exact) mass is 269 g/mol. The molecule has 0 aromatic heterocycles. The molecule has 0 bridgehead atoms. The van der Waals surface area contributed by atoms with Crippen LogP contribution in [-0.2, 0) is 9.53 Å². The molecule has 0 aromatic rings. The van der Waals surface area contributed by atoms with Crippen molar-refractivity contribution in [1.29, 1.82) is 0 Å². The first-order valence-electron chi connectivity index (χ1n) is 7.83. The fourth-order valence-corrected chi connectivity index (χ4v) is 1.96. The molecule has 0 aliphatic rings. The molecule has 0 radical (unpaired) electrons. The SMILES string of the molecule is CCCCCCCCCCOC(=O)/C=C(\N)CCC. The second kappa shape index (κ2) is 13.4. The summed E-state index contributed by atoms with van der Waals surface area (Å²) in [7, 11) is 0. The maximum atomic E-state index is 11.4. The molecule has 0 aliphatic heterocycles. The smallest absolute Gasteiger partial charge is 0.332 e. The Bertz CT molecular complexity index is 249. The third-order valence-corrected chi connectivity index (χ3v) is 3.08. The Morgan fingerprint density at radius 3 is 2.11 bits per heavy atom. The number of unbranched alkanes of at least 4 members (excludes halogenated alkanes) is 7. The van der Waals surface area contributed by atoms with E-state index in [1.54, 1.807) is 0 Å². The minimum atomic E-state index is -0.297. The van der Waals surface area contributed by atoms with Crippen LogP contribution in [-0.4, -0.2) is 12.6 Å². The second-order valence-electron chi connectivity index (χ2n) is 5.11. The molecule has 0 atom stereocenters. The molecule has 0 spiro atoms. The van der Waals surface area contributed by atoms with Crippen molar-refractivity contribution in [1.82, 2.24) is 0 Å². The zero-order valence-electron chi connectivity index (χ0n) is 12.7. The van der Waals surface area contributed by atoms with Crippen LogP contribution >= 0.6 is 0 Å². The average Bonchev–Trinajstić information content (AvgIpc) is 2.37. The molecule has 0 aromatic carbocycles. The lowest BCUT2D eigenvalue weighted by Gasteiger charge is -2.03. The highest BCUT2D eigenvalue weighted by Gasteiger charge is 1.99. The van der Waals surface area contributed by atoms with Gasteiger partial charge < -0.3 is 10.5 Å². The van der Waals surface area contributed by atoms with Crippen LogP contribution in [0.5, 0.6) is 0 Å². The number of ether oxygens (including phenoxy) is 1. The maximum absolute atomic E-state index is 11.4. The van der Waals surface area contributed by atoms with Crippen LogP contribution in [0.15, 0.2) is 11.8 Å². The van der Waals surface area contributed by atoms with Crippen LogP contribution in [0.25, 0.3) is 0 Å². The molecule has 0 unspecified atom stereocenters. The summed E-state index contributed by atoms with van der Waals surface area (Å²) in [6.45, 7) is 4.78. The minimum absolute atomic E-state index is 0.297. The fourth-order valence-electron chi connectivity index (χ4n) is 1.96. The van der Waals surface area contributed by atoms with E-state index in [1.807, 2.05) is 6.92 Å². The standard InChI is InChI=1S/C16H31NO2/c1-3-5-6-7-8-9-10-11-13-19-16(18)14-15(17)12-4-2/h14H,3-13,17H2,1-2H3/b15-14-. The molecule has 0 saturated heterocycles. The summed E-state index contributed by atoms with van der Waals surface area (Å²) in [4.78, 5) is 11.4. The van der Waals surface area contributed by atoms with Crippen molar-refractivity contribution < 1.29 is 9.53 Å². The maximum Gasteiger partial charge on any atom is 0.332 e. The molecular weight excluding hydrogens is 238 g/mol. The summed E-state index contributed by atoms with van der Waals surface area (Å²) in [5.74, 6) is -0.297. The van der Waals surface area contributed by atoms with Gasteiger partial charge in [-0.2, -0.15) is 0 Å². The van der Waals surface area contributed by atoms with E-state index in [4.69, 9.17) is 10.5 Å².